The molecule has 6 aromatic carbocycles. The highest BCUT2D eigenvalue weighted by Gasteiger charge is 2.17. The second kappa shape index (κ2) is 14.7. The lowest BCUT2D eigenvalue weighted by molar-refractivity contribution is 0.987. The van der Waals surface area contributed by atoms with Crippen LogP contribution in [0.2, 0.25) is 20.9 Å². The second-order valence-electron chi connectivity index (χ2n) is 12.6. The van der Waals surface area contributed by atoms with E-state index in [0.29, 0.717) is 0 Å². The zero-order valence-corrected chi connectivity index (χ0v) is 31.7. The molecule has 266 valence electrons. The van der Waals surface area contributed by atoms with Gasteiger partial charge in [0.15, 0.2) is 0 Å². The van der Waals surface area contributed by atoms with E-state index in [9.17, 15) is 0 Å². The summed E-state index contributed by atoms with van der Waals surface area (Å²) < 4.78 is 4.32. The van der Waals surface area contributed by atoms with Gasteiger partial charge in [0.2, 0.25) is 10.6 Å². The molecule has 0 spiro atoms. The number of nitrogens with zero attached hydrogens (tertiary/aromatic N) is 6. The molecule has 7 nitrogen and oxygen atoms in total. The number of halogens is 4. The molecule has 0 radical (unpaired) electrons. The first-order valence-corrected chi connectivity index (χ1v) is 18.8. The summed E-state index contributed by atoms with van der Waals surface area (Å²) in [5, 5.41) is 8.11. The SMILES string of the molecule is Clc1cc(Cl)nc(Cl)n1.Clc1nc(-n2c3ccccc3c3ccccc32)cc(-n2c3ccccc3c3ccccc32)n1.c1ccc2c(c1)[nH]c1ccccc12. The molecule has 11 aromatic rings. The molecule has 55 heavy (non-hydrogen) atoms. The lowest BCUT2D eigenvalue weighted by Crippen LogP contribution is -2.04. The highest BCUT2D eigenvalue weighted by atomic mass is 35.5. The van der Waals surface area contributed by atoms with Gasteiger partial charge in [-0.3, -0.25) is 9.13 Å². The molecule has 0 amide bonds. The summed E-state index contributed by atoms with van der Waals surface area (Å²) in [4.78, 5) is 19.8. The summed E-state index contributed by atoms with van der Waals surface area (Å²) >= 11 is 22.8. The van der Waals surface area contributed by atoms with E-state index in [1.165, 1.54) is 49.4 Å². The van der Waals surface area contributed by atoms with Gasteiger partial charge < -0.3 is 4.98 Å². The van der Waals surface area contributed by atoms with Crippen LogP contribution in [0.5, 0.6) is 0 Å². The maximum atomic E-state index is 6.54. The average Bonchev–Trinajstić information content (AvgIpc) is 3.86. The van der Waals surface area contributed by atoms with Crippen LogP contribution < -0.4 is 0 Å². The maximum Gasteiger partial charge on any atom is 0.226 e. The van der Waals surface area contributed by atoms with Gasteiger partial charge in [-0.2, -0.15) is 9.97 Å². The Bertz CT molecular complexity index is 2850. The van der Waals surface area contributed by atoms with Gasteiger partial charge in [0, 0.05) is 55.5 Å². The third-order valence-electron chi connectivity index (χ3n) is 9.34. The van der Waals surface area contributed by atoms with Gasteiger partial charge in [-0.05, 0) is 59.6 Å². The van der Waals surface area contributed by atoms with E-state index in [-0.39, 0.29) is 20.9 Å². The molecule has 11 heteroatoms. The van der Waals surface area contributed by atoms with Crippen molar-refractivity contribution in [2.45, 2.75) is 0 Å². The summed E-state index contributed by atoms with van der Waals surface area (Å²) in [7, 11) is 0. The smallest absolute Gasteiger partial charge is 0.226 e. The largest absolute Gasteiger partial charge is 0.355 e. The monoisotopic (exact) mass is 793 g/mol. The van der Waals surface area contributed by atoms with Gasteiger partial charge in [0.05, 0.1) is 22.1 Å². The highest BCUT2D eigenvalue weighted by molar-refractivity contribution is 6.35. The number of rotatable bonds is 2. The van der Waals surface area contributed by atoms with E-state index in [1.54, 1.807) is 0 Å². The normalized spacial score (nSPS) is 11.3. The highest BCUT2D eigenvalue weighted by Crippen LogP contribution is 2.35. The topological polar surface area (TPSA) is 77.2 Å². The Balaban J connectivity index is 0.000000147. The molecule has 0 bridgehead atoms. The van der Waals surface area contributed by atoms with Crippen molar-refractivity contribution in [1.82, 2.24) is 34.1 Å². The Morgan fingerprint density at radius 1 is 0.345 bits per heavy atom. The van der Waals surface area contributed by atoms with Crippen LogP contribution in [0.3, 0.4) is 0 Å². The van der Waals surface area contributed by atoms with Crippen molar-refractivity contribution < 1.29 is 0 Å². The predicted octanol–water partition coefficient (Wildman–Crippen LogP) is 13.1. The molecule has 0 atom stereocenters. The van der Waals surface area contributed by atoms with E-state index >= 15 is 0 Å². The first kappa shape index (κ1) is 34.8. The first-order chi connectivity index (χ1) is 26.9. The zero-order chi connectivity index (χ0) is 37.5. The quantitative estimate of drug-likeness (QED) is 0.140. The van der Waals surface area contributed by atoms with Crippen molar-refractivity contribution in [1.29, 1.82) is 0 Å². The van der Waals surface area contributed by atoms with Crippen molar-refractivity contribution in [3.8, 4) is 11.6 Å². The van der Waals surface area contributed by atoms with E-state index in [0.717, 1.165) is 33.7 Å². The third-order valence-corrected chi connectivity index (χ3v) is 10.1. The number of H-pyrrole nitrogens is 1. The van der Waals surface area contributed by atoms with Crippen LogP contribution in [0.25, 0.3) is 77.1 Å². The Labute approximate surface area is 334 Å². The van der Waals surface area contributed by atoms with E-state index < -0.39 is 0 Å². The van der Waals surface area contributed by atoms with Crippen molar-refractivity contribution >= 4 is 112 Å². The molecule has 5 aromatic heterocycles. The molecule has 11 rings (SSSR count). The minimum absolute atomic E-state index is 0.0625. The van der Waals surface area contributed by atoms with Crippen LogP contribution >= 0.6 is 46.4 Å². The minimum atomic E-state index is 0.0625. The van der Waals surface area contributed by atoms with Gasteiger partial charge in [-0.25, -0.2) is 9.97 Å². The average molecular weight is 796 g/mol. The molecule has 0 fully saturated rings. The fourth-order valence-electron chi connectivity index (χ4n) is 7.13. The Morgan fingerprint density at radius 2 is 0.655 bits per heavy atom. The van der Waals surface area contributed by atoms with Gasteiger partial charge in [-0.1, -0.05) is 132 Å². The van der Waals surface area contributed by atoms with Crippen molar-refractivity contribution in [2.24, 2.45) is 0 Å². The second-order valence-corrected chi connectivity index (χ2v) is 14.0. The summed E-state index contributed by atoms with van der Waals surface area (Å²) in [6, 6.07) is 53.7. The van der Waals surface area contributed by atoms with Gasteiger partial charge in [0.1, 0.15) is 21.9 Å². The molecule has 0 aliphatic rings. The van der Waals surface area contributed by atoms with E-state index in [4.69, 9.17) is 46.4 Å². The molecule has 0 unspecified atom stereocenters. The van der Waals surface area contributed by atoms with Crippen LogP contribution in [0.4, 0.5) is 0 Å². The molecule has 1 N–H and O–H groups in total. The van der Waals surface area contributed by atoms with Gasteiger partial charge in [0.25, 0.3) is 0 Å². The number of aromatic amines is 1. The van der Waals surface area contributed by atoms with E-state index in [1.807, 2.05) is 30.3 Å². The minimum Gasteiger partial charge on any atom is -0.355 e. The fraction of sp³-hybridized carbons (Fsp3) is 0. The molecule has 0 aliphatic heterocycles. The maximum absolute atomic E-state index is 6.54. The lowest BCUT2D eigenvalue weighted by atomic mass is 10.2. The van der Waals surface area contributed by atoms with Gasteiger partial charge >= 0.3 is 0 Å². The number of para-hydroxylation sites is 6. The lowest BCUT2D eigenvalue weighted by Gasteiger charge is -2.11. The van der Waals surface area contributed by atoms with Crippen molar-refractivity contribution in [2.75, 3.05) is 0 Å². The Hall–Kier alpha value is -5.96. The standard InChI is InChI=1S/C28H17ClN4.C12H9N.C4HCl3N2/c29-28-30-26(32-22-13-5-1-9-18(22)19-10-2-6-14-23(19)32)17-27(31-28)33-24-15-7-3-11-20(24)21-12-4-8-16-25(21)33;1-3-7-11-9(5-1)10-6-2-4-8-12(10)13-11;5-2-1-3(6)9-4(7)8-2/h1-17H;1-8,13H;1H. The number of nitrogens with one attached hydrogen (secondary N) is 1. The number of benzene rings is 6. The number of hydrogen-bond acceptors (Lipinski definition) is 4. The van der Waals surface area contributed by atoms with Crippen molar-refractivity contribution in [3.63, 3.8) is 0 Å². The Kier molecular flexibility index (Phi) is 9.30. The van der Waals surface area contributed by atoms with Crippen LogP contribution in [0, 0.1) is 0 Å². The van der Waals surface area contributed by atoms with Gasteiger partial charge in [-0.15, -0.1) is 0 Å². The Morgan fingerprint density at radius 3 is 1.02 bits per heavy atom. The van der Waals surface area contributed by atoms with Crippen LogP contribution in [0.15, 0.2) is 158 Å². The summed E-state index contributed by atoms with van der Waals surface area (Å²) in [5.41, 5.74) is 6.76. The summed E-state index contributed by atoms with van der Waals surface area (Å²) in [6.45, 7) is 0. The van der Waals surface area contributed by atoms with E-state index in [2.05, 4.69) is 155 Å². The molecule has 0 aliphatic carbocycles. The van der Waals surface area contributed by atoms with Crippen LogP contribution in [-0.4, -0.2) is 34.1 Å². The summed E-state index contributed by atoms with van der Waals surface area (Å²) in [5.74, 6) is 1.48. The molecule has 0 saturated heterocycles. The van der Waals surface area contributed by atoms with Crippen molar-refractivity contribution in [3.05, 3.63) is 179 Å². The third kappa shape index (κ3) is 6.62. The number of aromatic nitrogens is 7. The first-order valence-electron chi connectivity index (χ1n) is 17.3. The van der Waals surface area contributed by atoms with Crippen LogP contribution in [0.1, 0.15) is 0 Å². The molecular weight excluding hydrogens is 768 g/mol. The number of hydrogen-bond donors (Lipinski definition) is 1. The molecule has 0 saturated carbocycles. The molecule has 5 heterocycles. The van der Waals surface area contributed by atoms with Crippen LogP contribution in [-0.2, 0) is 0 Å². The zero-order valence-electron chi connectivity index (χ0n) is 28.7. The number of fused-ring (bicyclic) bond motifs is 9. The predicted molar refractivity (Wildman–Crippen MR) is 229 cm³/mol. The molecular formula is C44H27Cl4N7. The summed E-state index contributed by atoms with van der Waals surface area (Å²) in [6.07, 6.45) is 0. The fourth-order valence-corrected chi connectivity index (χ4v) is 7.99.